The number of nitrogens with zero attached hydrogens (tertiary/aromatic N) is 1. The predicted octanol–water partition coefficient (Wildman–Crippen LogP) is 1.34. The Balaban J connectivity index is 2.23. The van der Waals surface area contributed by atoms with Crippen LogP contribution in [0, 0.1) is 17.8 Å². The lowest BCUT2D eigenvalue weighted by Gasteiger charge is -2.29. The lowest BCUT2D eigenvalue weighted by atomic mass is 9.85. The van der Waals surface area contributed by atoms with Crippen LogP contribution in [-0.2, 0) is 9.59 Å². The average Bonchev–Trinajstić information content (AvgIpc) is 2.60. The van der Waals surface area contributed by atoms with Crippen molar-refractivity contribution in [1.29, 1.82) is 0 Å². The molecule has 1 heterocycles. The first-order valence-corrected chi connectivity index (χ1v) is 6.70. The first kappa shape index (κ1) is 13.3. The summed E-state index contributed by atoms with van der Waals surface area (Å²) in [6.45, 7) is 3.98. The Hall–Kier alpha value is -1.16. The van der Waals surface area contributed by atoms with Crippen molar-refractivity contribution in [3.8, 4) is 0 Å². The molecule has 1 unspecified atom stereocenters. The van der Waals surface area contributed by atoms with Gasteiger partial charge in [-0.3, -0.25) is 14.5 Å². The molecule has 1 aliphatic carbocycles. The van der Waals surface area contributed by atoms with Gasteiger partial charge in [0.2, 0.25) is 11.8 Å². The van der Waals surface area contributed by atoms with E-state index in [-0.39, 0.29) is 42.2 Å². The number of aliphatic hydroxyl groups excluding tert-OH is 1. The summed E-state index contributed by atoms with van der Waals surface area (Å²) >= 11 is 0. The van der Waals surface area contributed by atoms with Gasteiger partial charge in [0.05, 0.1) is 11.8 Å². The van der Waals surface area contributed by atoms with E-state index in [0.29, 0.717) is 19.3 Å². The minimum atomic E-state index is -0.166. The van der Waals surface area contributed by atoms with E-state index in [2.05, 4.69) is 0 Å². The molecule has 0 radical (unpaired) electrons. The SMILES string of the molecule is CC(C)C(CCO)N1C(=O)[C@H]2CC=CC[C@H]2C1=O. The molecule has 4 nitrogen and oxygen atoms in total. The van der Waals surface area contributed by atoms with Crippen LogP contribution in [0.3, 0.4) is 0 Å². The van der Waals surface area contributed by atoms with Crippen molar-refractivity contribution in [3.63, 3.8) is 0 Å². The van der Waals surface area contributed by atoms with Crippen LogP contribution >= 0.6 is 0 Å². The van der Waals surface area contributed by atoms with Gasteiger partial charge in [-0.2, -0.15) is 0 Å². The molecule has 1 fully saturated rings. The fourth-order valence-corrected chi connectivity index (χ4v) is 3.05. The lowest BCUT2D eigenvalue weighted by Crippen LogP contribution is -2.44. The van der Waals surface area contributed by atoms with Crippen LogP contribution in [0.2, 0.25) is 0 Å². The maximum Gasteiger partial charge on any atom is 0.233 e. The van der Waals surface area contributed by atoms with Gasteiger partial charge in [-0.1, -0.05) is 26.0 Å². The highest BCUT2D eigenvalue weighted by molar-refractivity contribution is 6.05. The monoisotopic (exact) mass is 251 g/mol. The van der Waals surface area contributed by atoms with Gasteiger partial charge in [0.1, 0.15) is 0 Å². The fourth-order valence-electron chi connectivity index (χ4n) is 3.05. The molecule has 1 saturated heterocycles. The highest BCUT2D eigenvalue weighted by atomic mass is 16.3. The van der Waals surface area contributed by atoms with E-state index in [1.165, 1.54) is 4.90 Å². The van der Waals surface area contributed by atoms with Gasteiger partial charge in [0.25, 0.3) is 0 Å². The Morgan fingerprint density at radius 3 is 2.11 bits per heavy atom. The summed E-state index contributed by atoms with van der Waals surface area (Å²) in [5.41, 5.74) is 0. The summed E-state index contributed by atoms with van der Waals surface area (Å²) < 4.78 is 0. The predicted molar refractivity (Wildman–Crippen MR) is 67.5 cm³/mol. The third-order valence-corrected chi connectivity index (χ3v) is 4.07. The molecule has 2 rings (SSSR count). The molecular weight excluding hydrogens is 230 g/mol. The minimum absolute atomic E-state index is 0.00743. The molecule has 0 aromatic rings. The van der Waals surface area contributed by atoms with Gasteiger partial charge in [-0.05, 0) is 25.2 Å². The fraction of sp³-hybridized carbons (Fsp3) is 0.714. The van der Waals surface area contributed by atoms with Crippen LogP contribution < -0.4 is 0 Å². The molecular formula is C14H21NO3. The van der Waals surface area contributed by atoms with Crippen LogP contribution in [0.4, 0.5) is 0 Å². The van der Waals surface area contributed by atoms with Crippen molar-refractivity contribution >= 4 is 11.8 Å². The van der Waals surface area contributed by atoms with Crippen LogP contribution in [0.15, 0.2) is 12.2 Å². The Bertz CT molecular complexity index is 349. The maximum atomic E-state index is 12.4. The summed E-state index contributed by atoms with van der Waals surface area (Å²) in [7, 11) is 0. The third kappa shape index (κ3) is 2.09. The maximum absolute atomic E-state index is 12.4. The van der Waals surface area contributed by atoms with Crippen LogP contribution in [0.25, 0.3) is 0 Å². The zero-order chi connectivity index (χ0) is 13.3. The topological polar surface area (TPSA) is 57.6 Å². The van der Waals surface area contributed by atoms with Crippen molar-refractivity contribution < 1.29 is 14.7 Å². The van der Waals surface area contributed by atoms with Gasteiger partial charge in [-0.25, -0.2) is 0 Å². The van der Waals surface area contributed by atoms with Crippen molar-refractivity contribution in [2.24, 2.45) is 17.8 Å². The summed E-state index contributed by atoms with van der Waals surface area (Å²) in [5.74, 6) is -0.231. The molecule has 18 heavy (non-hydrogen) atoms. The molecule has 0 saturated carbocycles. The molecule has 0 bridgehead atoms. The van der Waals surface area contributed by atoms with Crippen LogP contribution in [0.1, 0.15) is 33.1 Å². The van der Waals surface area contributed by atoms with Crippen molar-refractivity contribution in [3.05, 3.63) is 12.2 Å². The van der Waals surface area contributed by atoms with E-state index < -0.39 is 0 Å². The normalized spacial score (nSPS) is 29.0. The molecule has 3 atom stereocenters. The van der Waals surface area contributed by atoms with Crippen LogP contribution in [-0.4, -0.2) is 34.5 Å². The van der Waals surface area contributed by atoms with E-state index in [4.69, 9.17) is 5.11 Å². The first-order chi connectivity index (χ1) is 8.57. The number of fused-ring (bicyclic) bond motifs is 1. The van der Waals surface area contributed by atoms with Gasteiger partial charge in [0, 0.05) is 12.6 Å². The molecule has 100 valence electrons. The molecule has 2 amide bonds. The number of hydrogen-bond donors (Lipinski definition) is 1. The number of carbonyl (C=O) groups excluding carboxylic acids is 2. The third-order valence-electron chi connectivity index (χ3n) is 4.07. The Morgan fingerprint density at radius 2 is 1.72 bits per heavy atom. The molecule has 4 heteroatoms. The Labute approximate surface area is 108 Å². The van der Waals surface area contributed by atoms with E-state index in [9.17, 15) is 9.59 Å². The number of hydrogen-bond acceptors (Lipinski definition) is 3. The number of likely N-dealkylation sites (tertiary alicyclic amines) is 1. The standard InChI is InChI=1S/C14H21NO3/c1-9(2)12(7-8-16)15-13(17)10-5-3-4-6-11(10)14(15)18/h3-4,9-12,16H,5-8H2,1-2H3/t10-,11+,12?. The number of aliphatic hydroxyl groups is 1. The zero-order valence-electron chi connectivity index (χ0n) is 11.0. The van der Waals surface area contributed by atoms with Crippen molar-refractivity contribution in [2.45, 2.75) is 39.2 Å². The van der Waals surface area contributed by atoms with Gasteiger partial charge in [-0.15, -0.1) is 0 Å². The van der Waals surface area contributed by atoms with Crippen molar-refractivity contribution in [1.82, 2.24) is 4.90 Å². The second-order valence-electron chi connectivity index (χ2n) is 5.53. The smallest absolute Gasteiger partial charge is 0.233 e. The summed E-state index contributed by atoms with van der Waals surface area (Å²) in [5, 5.41) is 9.12. The minimum Gasteiger partial charge on any atom is -0.396 e. The lowest BCUT2D eigenvalue weighted by molar-refractivity contribution is -0.144. The summed E-state index contributed by atoms with van der Waals surface area (Å²) in [4.78, 5) is 26.2. The largest absolute Gasteiger partial charge is 0.396 e. The van der Waals surface area contributed by atoms with Gasteiger partial charge >= 0.3 is 0 Å². The second-order valence-corrected chi connectivity index (χ2v) is 5.53. The van der Waals surface area contributed by atoms with Gasteiger partial charge < -0.3 is 5.11 Å². The molecule has 1 N–H and O–H groups in total. The second kappa shape index (κ2) is 5.22. The van der Waals surface area contributed by atoms with E-state index >= 15 is 0 Å². The summed E-state index contributed by atoms with van der Waals surface area (Å²) in [6, 6.07) is -0.166. The Kier molecular flexibility index (Phi) is 3.85. The average molecular weight is 251 g/mol. The summed E-state index contributed by atoms with van der Waals surface area (Å²) in [6.07, 6.45) is 5.81. The Morgan fingerprint density at radius 1 is 1.22 bits per heavy atom. The number of carbonyl (C=O) groups is 2. The molecule has 1 aliphatic heterocycles. The zero-order valence-corrected chi connectivity index (χ0v) is 11.0. The quantitative estimate of drug-likeness (QED) is 0.606. The highest BCUT2D eigenvalue weighted by Gasteiger charge is 2.49. The van der Waals surface area contributed by atoms with E-state index in [1.807, 2.05) is 26.0 Å². The number of rotatable bonds is 4. The van der Waals surface area contributed by atoms with E-state index in [1.54, 1.807) is 0 Å². The molecule has 2 aliphatic rings. The number of imide groups is 1. The molecule has 0 aromatic carbocycles. The highest BCUT2D eigenvalue weighted by Crippen LogP contribution is 2.37. The molecule has 0 spiro atoms. The van der Waals surface area contributed by atoms with E-state index in [0.717, 1.165) is 0 Å². The molecule has 0 aromatic heterocycles. The van der Waals surface area contributed by atoms with Crippen molar-refractivity contribution in [2.75, 3.05) is 6.61 Å². The number of allylic oxidation sites excluding steroid dienone is 2. The van der Waals surface area contributed by atoms with Gasteiger partial charge in [0.15, 0.2) is 0 Å². The van der Waals surface area contributed by atoms with Crippen LogP contribution in [0.5, 0.6) is 0 Å². The number of amides is 2. The first-order valence-electron chi connectivity index (χ1n) is 6.70.